The van der Waals surface area contributed by atoms with E-state index in [1.807, 2.05) is 4.90 Å². The number of likely N-dealkylation sites (tertiary alicyclic amines) is 1. The molecule has 1 fully saturated rings. The molecule has 0 radical (unpaired) electrons. The average molecular weight is 421 g/mol. The highest BCUT2D eigenvalue weighted by Crippen LogP contribution is 2.23. The predicted octanol–water partition coefficient (Wildman–Crippen LogP) is 2.46. The zero-order chi connectivity index (χ0) is 22.3. The highest BCUT2D eigenvalue weighted by molar-refractivity contribution is 5.95. The molecule has 1 saturated heterocycles. The van der Waals surface area contributed by atoms with E-state index >= 15 is 0 Å². The second-order valence-corrected chi connectivity index (χ2v) is 8.26. The van der Waals surface area contributed by atoms with Gasteiger partial charge in [0.25, 0.3) is 11.8 Å². The highest BCUT2D eigenvalue weighted by atomic mass is 16.5. The SMILES string of the molecule is COC[C@](C)(CC(=O)O)NC(=O)c1ccc(OCC(=O)N2[C@@H](C)CCC[C@@H]2C)cc1. The first kappa shape index (κ1) is 23.7. The predicted molar refractivity (Wildman–Crippen MR) is 112 cm³/mol. The maximum Gasteiger partial charge on any atom is 0.305 e. The third-order valence-corrected chi connectivity index (χ3v) is 5.38. The van der Waals surface area contributed by atoms with Crippen LogP contribution in [0.5, 0.6) is 5.75 Å². The van der Waals surface area contributed by atoms with Gasteiger partial charge in [0.05, 0.1) is 18.6 Å². The van der Waals surface area contributed by atoms with Crippen LogP contribution in [0.4, 0.5) is 0 Å². The molecule has 166 valence electrons. The van der Waals surface area contributed by atoms with E-state index in [0.717, 1.165) is 19.3 Å². The summed E-state index contributed by atoms with van der Waals surface area (Å²) in [6, 6.07) is 6.82. The molecule has 8 nitrogen and oxygen atoms in total. The van der Waals surface area contributed by atoms with Crippen molar-refractivity contribution >= 4 is 17.8 Å². The quantitative estimate of drug-likeness (QED) is 0.636. The number of nitrogens with one attached hydrogen (secondary N) is 1. The summed E-state index contributed by atoms with van der Waals surface area (Å²) in [7, 11) is 1.45. The number of rotatable bonds is 9. The number of amides is 2. The third kappa shape index (κ3) is 6.45. The van der Waals surface area contributed by atoms with Crippen LogP contribution in [0.25, 0.3) is 0 Å². The minimum atomic E-state index is -1.03. The number of carboxylic acid groups (broad SMARTS) is 1. The number of methoxy groups -OCH3 is 1. The lowest BCUT2D eigenvalue weighted by molar-refractivity contribution is -0.140. The Morgan fingerprint density at radius 3 is 2.30 bits per heavy atom. The fourth-order valence-electron chi connectivity index (χ4n) is 3.96. The Balaban J connectivity index is 1.94. The van der Waals surface area contributed by atoms with Crippen molar-refractivity contribution in [3.63, 3.8) is 0 Å². The van der Waals surface area contributed by atoms with Gasteiger partial charge in [-0.25, -0.2) is 0 Å². The summed E-state index contributed by atoms with van der Waals surface area (Å²) in [6.45, 7) is 5.76. The molecule has 1 aromatic carbocycles. The van der Waals surface area contributed by atoms with Gasteiger partial charge in [-0.1, -0.05) is 0 Å². The van der Waals surface area contributed by atoms with Gasteiger partial charge in [-0.3, -0.25) is 14.4 Å². The number of nitrogens with zero attached hydrogens (tertiary/aromatic N) is 1. The Bertz CT molecular complexity index is 740. The van der Waals surface area contributed by atoms with Crippen LogP contribution in [0, 0.1) is 0 Å². The maximum absolute atomic E-state index is 12.6. The van der Waals surface area contributed by atoms with Crippen molar-refractivity contribution < 1.29 is 29.0 Å². The Kier molecular flexibility index (Phi) is 8.23. The Morgan fingerprint density at radius 2 is 1.77 bits per heavy atom. The van der Waals surface area contributed by atoms with Crippen LogP contribution in [0.15, 0.2) is 24.3 Å². The van der Waals surface area contributed by atoms with Crippen molar-refractivity contribution in [3.8, 4) is 5.75 Å². The molecule has 1 aromatic rings. The highest BCUT2D eigenvalue weighted by Gasteiger charge is 2.30. The Hall–Kier alpha value is -2.61. The summed E-state index contributed by atoms with van der Waals surface area (Å²) < 4.78 is 10.7. The van der Waals surface area contributed by atoms with Gasteiger partial charge in [-0.2, -0.15) is 0 Å². The molecule has 3 atom stereocenters. The Labute approximate surface area is 177 Å². The molecular weight excluding hydrogens is 388 g/mol. The summed E-state index contributed by atoms with van der Waals surface area (Å²) in [5.41, 5.74) is -0.666. The maximum atomic E-state index is 12.6. The van der Waals surface area contributed by atoms with Gasteiger partial charge >= 0.3 is 5.97 Å². The van der Waals surface area contributed by atoms with E-state index < -0.39 is 17.4 Å². The van der Waals surface area contributed by atoms with Crippen molar-refractivity contribution in [2.45, 2.75) is 64.1 Å². The first-order valence-corrected chi connectivity index (χ1v) is 10.2. The first-order valence-electron chi connectivity index (χ1n) is 10.2. The van der Waals surface area contributed by atoms with E-state index in [1.165, 1.54) is 7.11 Å². The fourth-order valence-corrected chi connectivity index (χ4v) is 3.96. The van der Waals surface area contributed by atoms with Crippen LogP contribution < -0.4 is 10.1 Å². The lowest BCUT2D eigenvalue weighted by Gasteiger charge is -2.38. The van der Waals surface area contributed by atoms with E-state index in [2.05, 4.69) is 19.2 Å². The monoisotopic (exact) mass is 420 g/mol. The van der Waals surface area contributed by atoms with Crippen molar-refractivity contribution in [3.05, 3.63) is 29.8 Å². The standard InChI is InChI=1S/C22H32N2O6/c1-15-6-5-7-16(2)24(15)19(25)13-30-18-10-8-17(9-11-18)21(28)23-22(3,14-29-4)12-20(26)27/h8-11,15-16H,5-7,12-14H2,1-4H3,(H,23,28)(H,26,27)/t15-,16-,22-/m0/s1. The molecule has 30 heavy (non-hydrogen) atoms. The number of carbonyl (C=O) groups is 3. The van der Waals surface area contributed by atoms with Crippen LogP contribution in [0.2, 0.25) is 0 Å². The lowest BCUT2D eigenvalue weighted by Crippen LogP contribution is -2.50. The lowest BCUT2D eigenvalue weighted by atomic mass is 9.97. The number of carbonyl (C=O) groups excluding carboxylic acids is 2. The number of benzene rings is 1. The van der Waals surface area contributed by atoms with Gasteiger partial charge in [0.15, 0.2) is 6.61 Å². The summed E-state index contributed by atoms with van der Waals surface area (Å²) >= 11 is 0. The average Bonchev–Trinajstić information content (AvgIpc) is 2.66. The second kappa shape index (κ2) is 10.4. The summed E-state index contributed by atoms with van der Waals surface area (Å²) in [5.74, 6) is -0.988. The van der Waals surface area contributed by atoms with E-state index in [4.69, 9.17) is 14.6 Å². The molecular formula is C22H32N2O6. The fraction of sp³-hybridized carbons (Fsp3) is 0.591. The zero-order valence-electron chi connectivity index (χ0n) is 18.1. The number of ether oxygens (including phenoxy) is 2. The van der Waals surface area contributed by atoms with Crippen molar-refractivity contribution in [1.82, 2.24) is 10.2 Å². The number of hydrogen-bond donors (Lipinski definition) is 2. The molecule has 1 aliphatic rings. The minimum Gasteiger partial charge on any atom is -0.484 e. The number of carboxylic acids is 1. The molecule has 0 spiro atoms. The smallest absolute Gasteiger partial charge is 0.305 e. The minimum absolute atomic E-state index is 0.0412. The largest absolute Gasteiger partial charge is 0.484 e. The van der Waals surface area contributed by atoms with Gasteiger partial charge < -0.3 is 24.8 Å². The number of aliphatic carboxylic acids is 1. The normalized spacial score (nSPS) is 20.9. The zero-order valence-corrected chi connectivity index (χ0v) is 18.1. The van der Waals surface area contributed by atoms with Gasteiger partial charge in [0.2, 0.25) is 0 Å². The topological polar surface area (TPSA) is 105 Å². The summed E-state index contributed by atoms with van der Waals surface area (Å²) in [6.07, 6.45) is 2.88. The molecule has 0 unspecified atom stereocenters. The first-order chi connectivity index (χ1) is 14.1. The molecule has 0 aromatic heterocycles. The molecule has 0 aliphatic carbocycles. The molecule has 1 heterocycles. The molecule has 8 heteroatoms. The molecule has 0 bridgehead atoms. The molecule has 0 saturated carbocycles. The van der Waals surface area contributed by atoms with Gasteiger partial charge in [0.1, 0.15) is 5.75 Å². The van der Waals surface area contributed by atoms with Crippen LogP contribution in [-0.2, 0) is 14.3 Å². The van der Waals surface area contributed by atoms with Crippen LogP contribution in [0.1, 0.15) is 56.8 Å². The number of hydrogen-bond acceptors (Lipinski definition) is 5. The Morgan fingerprint density at radius 1 is 1.17 bits per heavy atom. The molecule has 2 amide bonds. The molecule has 1 aliphatic heterocycles. The van der Waals surface area contributed by atoms with Gasteiger partial charge in [-0.05, 0) is 64.3 Å². The van der Waals surface area contributed by atoms with Crippen molar-refractivity contribution in [2.24, 2.45) is 0 Å². The van der Waals surface area contributed by atoms with Crippen LogP contribution in [0.3, 0.4) is 0 Å². The third-order valence-electron chi connectivity index (χ3n) is 5.38. The van der Waals surface area contributed by atoms with Crippen LogP contribution >= 0.6 is 0 Å². The van der Waals surface area contributed by atoms with E-state index in [1.54, 1.807) is 31.2 Å². The van der Waals surface area contributed by atoms with Gasteiger partial charge in [-0.15, -0.1) is 0 Å². The van der Waals surface area contributed by atoms with E-state index in [0.29, 0.717) is 11.3 Å². The summed E-state index contributed by atoms with van der Waals surface area (Å²) in [4.78, 5) is 38.0. The van der Waals surface area contributed by atoms with Gasteiger partial charge in [0, 0.05) is 24.8 Å². The van der Waals surface area contributed by atoms with E-state index in [9.17, 15) is 14.4 Å². The molecule has 2 N–H and O–H groups in total. The van der Waals surface area contributed by atoms with Crippen molar-refractivity contribution in [1.29, 1.82) is 0 Å². The van der Waals surface area contributed by atoms with Crippen molar-refractivity contribution in [2.75, 3.05) is 20.3 Å². The van der Waals surface area contributed by atoms with E-state index in [-0.39, 0.29) is 37.6 Å². The number of piperidine rings is 1. The van der Waals surface area contributed by atoms with Crippen LogP contribution in [-0.4, -0.2) is 65.7 Å². The second-order valence-electron chi connectivity index (χ2n) is 8.26. The summed E-state index contributed by atoms with van der Waals surface area (Å²) in [5, 5.41) is 11.8. The molecule has 2 rings (SSSR count).